The van der Waals surface area contributed by atoms with Gasteiger partial charge in [-0.2, -0.15) is 0 Å². The molecule has 7 atom stereocenters. The average molecular weight is 628 g/mol. The number of alkyl carbamates (subject to hydrolysis) is 1. The fourth-order valence-electron chi connectivity index (χ4n) is 7.53. The summed E-state index contributed by atoms with van der Waals surface area (Å²) < 4.78 is 4.59. The number of halogens is 2. The van der Waals surface area contributed by atoms with Crippen molar-refractivity contribution in [3.05, 3.63) is 0 Å². The molecule has 236 valence electrons. The maximum absolute atomic E-state index is 14.2. The minimum Gasteiger partial charge on any atom is -0.446 e. The predicted molar refractivity (Wildman–Crippen MR) is 161 cm³/mol. The number of hydrogen-bond donors (Lipinski definition) is 1. The number of likely N-dealkylation sites (tertiary alicyclic amines) is 1. The summed E-state index contributed by atoms with van der Waals surface area (Å²) in [4.78, 5) is 68.3. The van der Waals surface area contributed by atoms with Gasteiger partial charge in [0.05, 0.1) is 6.04 Å². The number of hydrogen-bond acceptors (Lipinski definition) is 6. The number of rotatable bonds is 14. The number of fused-ring (bicyclic) bond motifs is 1. The lowest BCUT2D eigenvalue weighted by Crippen LogP contribution is -2.57. The molecule has 4 aliphatic rings. The van der Waals surface area contributed by atoms with Crippen molar-refractivity contribution >= 4 is 52.6 Å². The van der Waals surface area contributed by atoms with E-state index in [4.69, 9.17) is 27.9 Å². The van der Waals surface area contributed by atoms with Crippen molar-refractivity contribution in [1.82, 2.24) is 10.2 Å². The molecule has 1 aliphatic heterocycles. The molecule has 1 saturated heterocycles. The quantitative estimate of drug-likeness (QED) is 0.182. The fourth-order valence-corrected chi connectivity index (χ4v) is 8.36. The molecule has 8 nitrogen and oxygen atoms in total. The molecule has 4 fully saturated rings. The topological polar surface area (TPSA) is 110 Å². The van der Waals surface area contributed by atoms with Crippen LogP contribution in [0.3, 0.4) is 0 Å². The Labute approximate surface area is 260 Å². The Morgan fingerprint density at radius 1 is 1.00 bits per heavy atom. The van der Waals surface area contributed by atoms with Gasteiger partial charge in [0.25, 0.3) is 0 Å². The molecule has 1 N–H and O–H groups in total. The first kappa shape index (κ1) is 33.2. The Kier molecular flexibility index (Phi) is 11.4. The van der Waals surface area contributed by atoms with Crippen LogP contribution >= 0.6 is 23.2 Å². The van der Waals surface area contributed by atoms with Gasteiger partial charge in [0, 0.05) is 37.1 Å². The smallest absolute Gasteiger partial charge is 0.408 e. The molecule has 0 aromatic rings. The molecular formula is C32H48Cl2N2O6. The number of Topliss-reactive ketones (excluding diaryl/α,β-unsaturated/α-hetero) is 3. The van der Waals surface area contributed by atoms with Crippen LogP contribution in [0.25, 0.3) is 0 Å². The Bertz CT molecular complexity index is 1030. The lowest BCUT2D eigenvalue weighted by Gasteiger charge is -2.36. The molecule has 10 heteroatoms. The van der Waals surface area contributed by atoms with E-state index >= 15 is 0 Å². The summed E-state index contributed by atoms with van der Waals surface area (Å²) in [6.07, 6.45) is 9.07. The van der Waals surface area contributed by atoms with Crippen molar-refractivity contribution in [2.45, 2.75) is 133 Å². The highest BCUT2D eigenvalue weighted by molar-refractivity contribution is 6.51. The number of piperidine rings is 1. The van der Waals surface area contributed by atoms with Crippen molar-refractivity contribution in [2.75, 3.05) is 6.54 Å². The molecular weight excluding hydrogens is 579 g/mol. The van der Waals surface area contributed by atoms with E-state index in [1.807, 2.05) is 13.8 Å². The van der Waals surface area contributed by atoms with E-state index < -0.39 is 45.9 Å². The molecule has 0 spiro atoms. The van der Waals surface area contributed by atoms with E-state index in [9.17, 15) is 24.0 Å². The van der Waals surface area contributed by atoms with E-state index in [1.165, 1.54) is 0 Å². The molecule has 0 radical (unpaired) electrons. The third-order valence-corrected chi connectivity index (χ3v) is 11.1. The molecule has 3 saturated carbocycles. The van der Waals surface area contributed by atoms with Crippen LogP contribution in [0.5, 0.6) is 0 Å². The number of unbranched alkanes of at least 4 members (excludes halogenated alkanes) is 1. The average Bonchev–Trinajstić information content (AvgIpc) is 3.30. The number of amides is 2. The summed E-state index contributed by atoms with van der Waals surface area (Å²) in [6, 6.07) is -1.71. The number of nitrogens with one attached hydrogen (secondary N) is 1. The SMILES string of the molecule is CCCCC(=O)C(=O)C(CCC)CC(=O)[C@@H]1[C@@H]2[C@H](CN1C(=O)[C@@H](NC(=O)OC1CCC(C)C1)C1CCCCC1)C2(Cl)Cl. The minimum atomic E-state index is -1.12. The minimum absolute atomic E-state index is 0.0589. The van der Waals surface area contributed by atoms with Crippen LogP contribution in [0.15, 0.2) is 0 Å². The number of ketones is 3. The standard InChI is InChI=1S/C32H48Cl2N2O6/c1-4-6-13-24(37)29(39)21(10-5-2)17-25(38)28-26-23(32(26,33)34)18-36(28)30(40)27(20-11-8-7-9-12-20)35-31(41)42-22-15-14-19(3)16-22/h19-23,26-28H,4-18H2,1-3H3,(H,35,41)/t19?,21?,22?,23-,26-,27-,28+/m0/s1. The van der Waals surface area contributed by atoms with E-state index in [0.717, 1.165) is 57.8 Å². The number of ether oxygens (including phenoxy) is 1. The molecule has 1 heterocycles. The lowest BCUT2D eigenvalue weighted by molar-refractivity contribution is -0.144. The third-order valence-electron chi connectivity index (χ3n) is 10.0. The second-order valence-corrected chi connectivity index (χ2v) is 14.7. The normalized spacial score (nSPS) is 29.8. The molecule has 42 heavy (non-hydrogen) atoms. The van der Waals surface area contributed by atoms with Gasteiger partial charge in [-0.15, -0.1) is 23.2 Å². The first-order valence-electron chi connectivity index (χ1n) is 16.2. The summed E-state index contributed by atoms with van der Waals surface area (Å²) in [5.74, 6) is -2.53. The Hall–Kier alpha value is -1.67. The highest BCUT2D eigenvalue weighted by Gasteiger charge is 2.73. The van der Waals surface area contributed by atoms with E-state index in [1.54, 1.807) is 4.90 Å². The zero-order valence-corrected chi connectivity index (χ0v) is 26.9. The van der Waals surface area contributed by atoms with Crippen molar-refractivity contribution < 1.29 is 28.7 Å². The second kappa shape index (κ2) is 14.4. The van der Waals surface area contributed by atoms with Gasteiger partial charge in [-0.25, -0.2) is 4.79 Å². The summed E-state index contributed by atoms with van der Waals surface area (Å²) >= 11 is 13.1. The van der Waals surface area contributed by atoms with Gasteiger partial charge < -0.3 is 15.0 Å². The summed E-state index contributed by atoms with van der Waals surface area (Å²) in [7, 11) is 0. The first-order chi connectivity index (χ1) is 20.0. The predicted octanol–water partition coefficient (Wildman–Crippen LogP) is 6.18. The summed E-state index contributed by atoms with van der Waals surface area (Å²) in [6.45, 7) is 6.23. The third kappa shape index (κ3) is 7.51. The summed E-state index contributed by atoms with van der Waals surface area (Å²) in [5.41, 5.74) is 0. The molecule has 0 aromatic carbocycles. The molecule has 0 bridgehead atoms. The summed E-state index contributed by atoms with van der Waals surface area (Å²) in [5, 5.41) is 2.90. The highest BCUT2D eigenvalue weighted by atomic mass is 35.5. The van der Waals surface area contributed by atoms with Crippen molar-refractivity contribution in [3.8, 4) is 0 Å². The largest absolute Gasteiger partial charge is 0.446 e. The van der Waals surface area contributed by atoms with Crippen LogP contribution in [-0.4, -0.2) is 63.3 Å². The van der Waals surface area contributed by atoms with Gasteiger partial charge in [-0.1, -0.05) is 52.9 Å². The Morgan fingerprint density at radius 3 is 2.33 bits per heavy atom. The van der Waals surface area contributed by atoms with E-state index in [2.05, 4.69) is 12.2 Å². The molecule has 3 unspecified atom stereocenters. The van der Waals surface area contributed by atoms with Gasteiger partial charge in [0.2, 0.25) is 11.7 Å². The lowest BCUT2D eigenvalue weighted by atomic mass is 9.83. The number of alkyl halides is 2. The van der Waals surface area contributed by atoms with E-state index in [-0.39, 0.29) is 49.0 Å². The van der Waals surface area contributed by atoms with Gasteiger partial charge in [-0.05, 0) is 56.8 Å². The van der Waals surface area contributed by atoms with Crippen LogP contribution in [0, 0.1) is 29.6 Å². The molecule has 4 rings (SSSR count). The zero-order chi connectivity index (χ0) is 30.6. The second-order valence-electron chi connectivity index (χ2n) is 13.3. The van der Waals surface area contributed by atoms with Crippen LogP contribution in [-0.2, 0) is 23.9 Å². The maximum Gasteiger partial charge on any atom is 0.408 e. The fraction of sp³-hybridized carbons (Fsp3) is 0.844. The number of carbonyl (C=O) groups excluding carboxylic acids is 5. The van der Waals surface area contributed by atoms with Gasteiger partial charge in [0.1, 0.15) is 16.5 Å². The van der Waals surface area contributed by atoms with E-state index in [0.29, 0.717) is 25.2 Å². The van der Waals surface area contributed by atoms with Gasteiger partial charge >= 0.3 is 6.09 Å². The zero-order valence-electron chi connectivity index (χ0n) is 25.4. The number of nitrogens with zero attached hydrogens (tertiary/aromatic N) is 1. The first-order valence-corrected chi connectivity index (χ1v) is 17.0. The molecule has 3 aliphatic carbocycles. The van der Waals surface area contributed by atoms with Crippen LogP contribution in [0.2, 0.25) is 0 Å². The number of carbonyl (C=O) groups is 5. The highest BCUT2D eigenvalue weighted by Crippen LogP contribution is 2.65. The van der Waals surface area contributed by atoms with Gasteiger partial charge in [0.15, 0.2) is 11.6 Å². The molecule has 0 aromatic heterocycles. The van der Waals surface area contributed by atoms with Crippen LogP contribution in [0.4, 0.5) is 4.79 Å². The van der Waals surface area contributed by atoms with Crippen LogP contribution in [0.1, 0.15) is 111 Å². The van der Waals surface area contributed by atoms with Crippen LogP contribution < -0.4 is 5.32 Å². The van der Waals surface area contributed by atoms with Crippen molar-refractivity contribution in [1.29, 1.82) is 0 Å². The van der Waals surface area contributed by atoms with Crippen molar-refractivity contribution in [2.24, 2.45) is 29.6 Å². The monoisotopic (exact) mass is 626 g/mol. The Balaban J connectivity index is 1.51. The Morgan fingerprint density at radius 2 is 1.71 bits per heavy atom. The van der Waals surface area contributed by atoms with Gasteiger partial charge in [-0.3, -0.25) is 19.2 Å². The molecule has 2 amide bonds. The van der Waals surface area contributed by atoms with Crippen molar-refractivity contribution in [3.63, 3.8) is 0 Å². The maximum atomic E-state index is 14.2.